The van der Waals surface area contributed by atoms with Crippen LogP contribution in [-0.4, -0.2) is 44.4 Å². The number of nitrogens with two attached hydrogens (primary N) is 1. The lowest BCUT2D eigenvalue weighted by atomic mass is 9.91. The van der Waals surface area contributed by atoms with Gasteiger partial charge in [-0.3, -0.25) is 4.90 Å². The van der Waals surface area contributed by atoms with Gasteiger partial charge in [-0.1, -0.05) is 12.1 Å². The molecule has 1 aromatic carbocycles. The minimum Gasteiger partial charge on any atom is -0.494 e. The Kier molecular flexibility index (Phi) is 5.83. The van der Waals surface area contributed by atoms with Crippen LogP contribution >= 0.6 is 0 Å². The minimum absolute atomic E-state index is 0.193. The zero-order chi connectivity index (χ0) is 14.4. The molecule has 0 spiro atoms. The van der Waals surface area contributed by atoms with E-state index in [-0.39, 0.29) is 12.1 Å². The Bertz CT molecular complexity index is 394. The van der Waals surface area contributed by atoms with Gasteiger partial charge in [-0.05, 0) is 44.0 Å². The maximum absolute atomic E-state index is 6.36. The van der Waals surface area contributed by atoms with Crippen molar-refractivity contribution in [3.8, 4) is 5.75 Å². The van der Waals surface area contributed by atoms with Crippen LogP contribution in [0.4, 0.5) is 0 Å². The molecule has 1 aliphatic rings. The van der Waals surface area contributed by atoms with Crippen molar-refractivity contribution in [1.82, 2.24) is 4.90 Å². The van der Waals surface area contributed by atoms with E-state index in [1.54, 1.807) is 7.11 Å². The summed E-state index contributed by atoms with van der Waals surface area (Å²) in [5, 5.41) is 0. The summed E-state index contributed by atoms with van der Waals surface area (Å²) in [6, 6.07) is 8.83. The molecule has 0 amide bonds. The average Bonchev–Trinajstić information content (AvgIpc) is 2.47. The highest BCUT2D eigenvalue weighted by Gasteiger charge is 2.29. The smallest absolute Gasteiger partial charge is 0.119 e. The second-order valence-electron chi connectivity index (χ2n) is 5.28. The topological polar surface area (TPSA) is 47.7 Å². The highest BCUT2D eigenvalue weighted by molar-refractivity contribution is 5.30. The molecule has 1 heterocycles. The molecule has 0 aliphatic carbocycles. The summed E-state index contributed by atoms with van der Waals surface area (Å²) in [7, 11) is 1.75. The predicted octanol–water partition coefficient (Wildman–Crippen LogP) is 2.20. The summed E-state index contributed by atoms with van der Waals surface area (Å²) < 4.78 is 10.7. The van der Waals surface area contributed by atoms with E-state index in [2.05, 4.69) is 17.0 Å². The van der Waals surface area contributed by atoms with E-state index in [9.17, 15) is 0 Å². The Morgan fingerprint density at radius 2 is 2.05 bits per heavy atom. The van der Waals surface area contributed by atoms with Crippen molar-refractivity contribution in [3.63, 3.8) is 0 Å². The van der Waals surface area contributed by atoms with Crippen LogP contribution in [0.15, 0.2) is 24.3 Å². The molecular weight excluding hydrogens is 252 g/mol. The van der Waals surface area contributed by atoms with Gasteiger partial charge in [0.25, 0.3) is 0 Å². The highest BCUT2D eigenvalue weighted by Crippen LogP contribution is 2.30. The van der Waals surface area contributed by atoms with Crippen molar-refractivity contribution in [3.05, 3.63) is 29.8 Å². The minimum atomic E-state index is 0.193. The Morgan fingerprint density at radius 1 is 1.30 bits per heavy atom. The number of ether oxygens (including phenoxy) is 2. The molecule has 2 atom stereocenters. The number of piperidine rings is 1. The van der Waals surface area contributed by atoms with Gasteiger partial charge < -0.3 is 15.2 Å². The van der Waals surface area contributed by atoms with Crippen molar-refractivity contribution in [2.24, 2.45) is 5.73 Å². The van der Waals surface area contributed by atoms with Crippen LogP contribution in [0.25, 0.3) is 0 Å². The van der Waals surface area contributed by atoms with E-state index in [0.717, 1.165) is 31.9 Å². The Hall–Kier alpha value is -1.10. The van der Waals surface area contributed by atoms with Crippen LogP contribution < -0.4 is 10.5 Å². The first-order valence-corrected chi connectivity index (χ1v) is 7.47. The Labute approximate surface area is 121 Å². The number of rotatable bonds is 6. The molecular formula is C16H26N2O2. The largest absolute Gasteiger partial charge is 0.494 e. The van der Waals surface area contributed by atoms with E-state index in [4.69, 9.17) is 15.2 Å². The molecule has 2 unspecified atom stereocenters. The fraction of sp³-hybridized carbons (Fsp3) is 0.625. The maximum atomic E-state index is 6.36. The number of methoxy groups -OCH3 is 1. The average molecular weight is 278 g/mol. The van der Waals surface area contributed by atoms with Gasteiger partial charge in [0, 0.05) is 25.7 Å². The SMILES string of the molecule is CCOc1ccc(C2C(N)CCCN2CCOC)cc1. The molecule has 4 nitrogen and oxygen atoms in total. The quantitative estimate of drug-likeness (QED) is 0.866. The maximum Gasteiger partial charge on any atom is 0.119 e. The summed E-state index contributed by atoms with van der Waals surface area (Å²) in [6.45, 7) is 5.47. The molecule has 1 aromatic rings. The zero-order valence-corrected chi connectivity index (χ0v) is 12.5. The van der Waals surface area contributed by atoms with Crippen LogP contribution in [0, 0.1) is 0 Å². The van der Waals surface area contributed by atoms with E-state index >= 15 is 0 Å². The lowest BCUT2D eigenvalue weighted by Gasteiger charge is -2.40. The number of hydrogen-bond donors (Lipinski definition) is 1. The fourth-order valence-electron chi connectivity index (χ4n) is 2.94. The fourth-order valence-corrected chi connectivity index (χ4v) is 2.94. The lowest BCUT2D eigenvalue weighted by Crippen LogP contribution is -2.46. The summed E-state index contributed by atoms with van der Waals surface area (Å²) >= 11 is 0. The Morgan fingerprint density at radius 3 is 2.70 bits per heavy atom. The zero-order valence-electron chi connectivity index (χ0n) is 12.5. The molecule has 20 heavy (non-hydrogen) atoms. The summed E-state index contributed by atoms with van der Waals surface area (Å²) in [4.78, 5) is 2.44. The third-order valence-corrected chi connectivity index (χ3v) is 3.90. The summed E-state index contributed by atoms with van der Waals surface area (Å²) in [5.74, 6) is 0.920. The Balaban J connectivity index is 2.12. The van der Waals surface area contributed by atoms with Crippen LogP contribution in [0.5, 0.6) is 5.75 Å². The lowest BCUT2D eigenvalue weighted by molar-refractivity contribution is 0.0848. The molecule has 0 bridgehead atoms. The van der Waals surface area contributed by atoms with Crippen molar-refractivity contribution in [1.29, 1.82) is 0 Å². The molecule has 1 saturated heterocycles. The second-order valence-corrected chi connectivity index (χ2v) is 5.28. The van der Waals surface area contributed by atoms with Crippen LogP contribution in [0.1, 0.15) is 31.4 Å². The van der Waals surface area contributed by atoms with Crippen molar-refractivity contribution in [2.75, 3.05) is 33.4 Å². The molecule has 1 aliphatic heterocycles. The summed E-state index contributed by atoms with van der Waals surface area (Å²) in [6.07, 6.45) is 2.25. The number of hydrogen-bond acceptors (Lipinski definition) is 4. The second kappa shape index (κ2) is 7.62. The molecule has 2 N–H and O–H groups in total. The van der Waals surface area contributed by atoms with Gasteiger partial charge >= 0.3 is 0 Å². The van der Waals surface area contributed by atoms with Gasteiger partial charge in [0.05, 0.1) is 13.2 Å². The number of nitrogens with zero attached hydrogens (tertiary/aromatic N) is 1. The van der Waals surface area contributed by atoms with Gasteiger partial charge in [0.15, 0.2) is 0 Å². The normalized spacial score (nSPS) is 23.8. The molecule has 0 saturated carbocycles. The van der Waals surface area contributed by atoms with Crippen molar-refractivity contribution >= 4 is 0 Å². The molecule has 0 aromatic heterocycles. The van der Waals surface area contributed by atoms with Crippen molar-refractivity contribution < 1.29 is 9.47 Å². The van der Waals surface area contributed by atoms with Gasteiger partial charge in [-0.2, -0.15) is 0 Å². The third-order valence-electron chi connectivity index (χ3n) is 3.90. The van der Waals surface area contributed by atoms with Crippen LogP contribution in [-0.2, 0) is 4.74 Å². The van der Waals surface area contributed by atoms with Gasteiger partial charge in [0.2, 0.25) is 0 Å². The van der Waals surface area contributed by atoms with Crippen molar-refractivity contribution in [2.45, 2.75) is 31.8 Å². The van der Waals surface area contributed by atoms with E-state index in [1.165, 1.54) is 12.0 Å². The van der Waals surface area contributed by atoms with E-state index < -0.39 is 0 Å². The van der Waals surface area contributed by atoms with E-state index in [1.807, 2.05) is 19.1 Å². The third kappa shape index (κ3) is 3.72. The van der Waals surface area contributed by atoms with Crippen LogP contribution in [0.2, 0.25) is 0 Å². The molecule has 112 valence electrons. The molecule has 4 heteroatoms. The first-order valence-electron chi connectivity index (χ1n) is 7.47. The molecule has 2 rings (SSSR count). The molecule has 0 radical (unpaired) electrons. The van der Waals surface area contributed by atoms with E-state index in [0.29, 0.717) is 6.61 Å². The first kappa shape index (κ1) is 15.3. The predicted molar refractivity (Wildman–Crippen MR) is 81.0 cm³/mol. The van der Waals surface area contributed by atoms with Gasteiger partial charge in [-0.25, -0.2) is 0 Å². The number of likely N-dealkylation sites (tertiary alicyclic amines) is 1. The molecule has 1 fully saturated rings. The van der Waals surface area contributed by atoms with Gasteiger partial charge in [0.1, 0.15) is 5.75 Å². The highest BCUT2D eigenvalue weighted by atomic mass is 16.5. The van der Waals surface area contributed by atoms with Gasteiger partial charge in [-0.15, -0.1) is 0 Å². The van der Waals surface area contributed by atoms with Crippen LogP contribution in [0.3, 0.4) is 0 Å². The standard InChI is InChI=1S/C16H26N2O2/c1-3-20-14-8-6-13(7-9-14)16-15(17)5-4-10-18(16)11-12-19-2/h6-9,15-16H,3-5,10-12,17H2,1-2H3. The first-order chi connectivity index (χ1) is 9.76. The number of benzene rings is 1. The monoisotopic (exact) mass is 278 g/mol. The summed E-state index contributed by atoms with van der Waals surface area (Å²) in [5.41, 5.74) is 7.63.